The van der Waals surface area contributed by atoms with Crippen LogP contribution in [0, 0.1) is 0 Å². The van der Waals surface area contributed by atoms with Crippen LogP contribution in [0.2, 0.25) is 0 Å². The minimum Gasteiger partial charge on any atom is -0.312 e. The monoisotopic (exact) mass is 251 g/mol. The standard InChI is InChI=1S/C15H22ClN/c1-2-14(10-16)17-11-13-8-5-7-12-6-3-4-9-15(12)13/h3-4,6,9,13-14,17H,2,5,7-8,10-11H2,1H3. The van der Waals surface area contributed by atoms with E-state index in [1.54, 1.807) is 11.1 Å². The van der Waals surface area contributed by atoms with Gasteiger partial charge in [-0.1, -0.05) is 31.2 Å². The van der Waals surface area contributed by atoms with Crippen LogP contribution in [-0.4, -0.2) is 18.5 Å². The number of hydrogen-bond donors (Lipinski definition) is 1. The topological polar surface area (TPSA) is 12.0 Å². The second-order valence-electron chi connectivity index (χ2n) is 4.96. The Bertz CT molecular complexity index is 347. The van der Waals surface area contributed by atoms with E-state index >= 15 is 0 Å². The SMILES string of the molecule is CCC(CCl)NCC1CCCc2ccccc21. The van der Waals surface area contributed by atoms with Crippen molar-refractivity contribution >= 4 is 11.6 Å². The Balaban J connectivity index is 1.99. The van der Waals surface area contributed by atoms with Gasteiger partial charge in [0.05, 0.1) is 0 Å². The third-order valence-electron chi connectivity index (χ3n) is 3.83. The molecule has 2 unspecified atom stereocenters. The van der Waals surface area contributed by atoms with E-state index in [0.29, 0.717) is 17.8 Å². The lowest BCUT2D eigenvalue weighted by atomic mass is 9.83. The molecule has 0 bridgehead atoms. The lowest BCUT2D eigenvalue weighted by Crippen LogP contribution is -2.34. The van der Waals surface area contributed by atoms with Crippen LogP contribution in [0.5, 0.6) is 0 Å². The van der Waals surface area contributed by atoms with Gasteiger partial charge in [0.2, 0.25) is 0 Å². The lowest BCUT2D eigenvalue weighted by molar-refractivity contribution is 0.461. The Morgan fingerprint density at radius 3 is 3.00 bits per heavy atom. The van der Waals surface area contributed by atoms with Gasteiger partial charge in [0.1, 0.15) is 0 Å². The van der Waals surface area contributed by atoms with Crippen LogP contribution in [0.4, 0.5) is 0 Å². The van der Waals surface area contributed by atoms with Gasteiger partial charge in [0.15, 0.2) is 0 Å². The number of aryl methyl sites for hydroxylation is 1. The molecule has 0 fully saturated rings. The average molecular weight is 252 g/mol. The van der Waals surface area contributed by atoms with E-state index in [4.69, 9.17) is 11.6 Å². The molecule has 94 valence electrons. The van der Waals surface area contributed by atoms with Crippen molar-refractivity contribution in [2.45, 2.75) is 44.6 Å². The van der Waals surface area contributed by atoms with Crippen molar-refractivity contribution in [1.82, 2.24) is 5.32 Å². The van der Waals surface area contributed by atoms with Crippen molar-refractivity contribution in [1.29, 1.82) is 0 Å². The third-order valence-corrected chi connectivity index (χ3v) is 4.20. The average Bonchev–Trinajstić information content (AvgIpc) is 2.40. The van der Waals surface area contributed by atoms with Gasteiger partial charge in [-0.2, -0.15) is 0 Å². The summed E-state index contributed by atoms with van der Waals surface area (Å²) in [4.78, 5) is 0. The Hall–Kier alpha value is -0.530. The van der Waals surface area contributed by atoms with Crippen LogP contribution < -0.4 is 5.32 Å². The van der Waals surface area contributed by atoms with Crippen molar-refractivity contribution < 1.29 is 0 Å². The van der Waals surface area contributed by atoms with E-state index < -0.39 is 0 Å². The van der Waals surface area contributed by atoms with E-state index in [1.165, 1.54) is 19.3 Å². The lowest BCUT2D eigenvalue weighted by Gasteiger charge is -2.27. The molecular formula is C15H22ClN. The number of halogens is 1. The molecule has 1 aromatic carbocycles. The van der Waals surface area contributed by atoms with Gasteiger partial charge in [-0.3, -0.25) is 0 Å². The molecule has 1 nitrogen and oxygen atoms in total. The maximum absolute atomic E-state index is 5.92. The van der Waals surface area contributed by atoms with Crippen LogP contribution in [-0.2, 0) is 6.42 Å². The fourth-order valence-corrected chi connectivity index (χ4v) is 3.01. The minimum atomic E-state index is 0.464. The molecule has 0 amide bonds. The summed E-state index contributed by atoms with van der Waals surface area (Å²) in [6.45, 7) is 3.26. The fraction of sp³-hybridized carbons (Fsp3) is 0.600. The summed E-state index contributed by atoms with van der Waals surface area (Å²) in [5, 5.41) is 3.60. The van der Waals surface area contributed by atoms with E-state index in [0.717, 1.165) is 13.0 Å². The normalized spacial score (nSPS) is 20.9. The Morgan fingerprint density at radius 2 is 2.24 bits per heavy atom. The molecule has 2 atom stereocenters. The summed E-state index contributed by atoms with van der Waals surface area (Å²) >= 11 is 5.92. The number of hydrogen-bond acceptors (Lipinski definition) is 1. The smallest absolute Gasteiger partial charge is 0.0377 e. The Morgan fingerprint density at radius 1 is 1.41 bits per heavy atom. The summed E-state index contributed by atoms with van der Waals surface area (Å²) in [5.41, 5.74) is 3.10. The van der Waals surface area contributed by atoms with Gasteiger partial charge in [-0.25, -0.2) is 0 Å². The molecule has 17 heavy (non-hydrogen) atoms. The van der Waals surface area contributed by atoms with E-state index in [9.17, 15) is 0 Å². The van der Waals surface area contributed by atoms with Crippen molar-refractivity contribution in [2.24, 2.45) is 0 Å². The van der Waals surface area contributed by atoms with Crippen molar-refractivity contribution in [2.75, 3.05) is 12.4 Å². The summed E-state index contributed by atoms with van der Waals surface area (Å²) in [6, 6.07) is 9.35. The zero-order valence-electron chi connectivity index (χ0n) is 10.6. The van der Waals surface area contributed by atoms with Crippen molar-refractivity contribution in [3.8, 4) is 0 Å². The quantitative estimate of drug-likeness (QED) is 0.787. The van der Waals surface area contributed by atoms with Crippen LogP contribution >= 0.6 is 11.6 Å². The van der Waals surface area contributed by atoms with Gasteiger partial charge in [-0.05, 0) is 42.7 Å². The molecular weight excluding hydrogens is 230 g/mol. The Kier molecular flexibility index (Phi) is 4.87. The molecule has 0 saturated carbocycles. The van der Waals surface area contributed by atoms with Crippen LogP contribution in [0.1, 0.15) is 43.2 Å². The van der Waals surface area contributed by atoms with E-state index in [-0.39, 0.29) is 0 Å². The predicted octanol–water partition coefficient (Wildman–Crippen LogP) is 3.71. The van der Waals surface area contributed by atoms with Gasteiger partial charge in [0.25, 0.3) is 0 Å². The second kappa shape index (κ2) is 6.42. The summed E-state index contributed by atoms with van der Waals surface area (Å²) in [5.74, 6) is 1.39. The number of alkyl halides is 1. The highest BCUT2D eigenvalue weighted by Gasteiger charge is 2.20. The molecule has 0 aliphatic heterocycles. The first kappa shape index (κ1) is 12.9. The predicted molar refractivity (Wildman–Crippen MR) is 74.9 cm³/mol. The molecule has 1 aromatic rings. The van der Waals surface area contributed by atoms with Crippen LogP contribution in [0.15, 0.2) is 24.3 Å². The number of fused-ring (bicyclic) bond motifs is 1. The third kappa shape index (κ3) is 3.23. The minimum absolute atomic E-state index is 0.464. The molecule has 0 spiro atoms. The zero-order chi connectivity index (χ0) is 12.1. The second-order valence-corrected chi connectivity index (χ2v) is 5.26. The molecule has 1 aliphatic carbocycles. The van der Waals surface area contributed by atoms with E-state index in [1.807, 2.05) is 0 Å². The van der Waals surface area contributed by atoms with Gasteiger partial charge < -0.3 is 5.32 Å². The van der Waals surface area contributed by atoms with Gasteiger partial charge >= 0.3 is 0 Å². The molecule has 0 saturated heterocycles. The van der Waals surface area contributed by atoms with Crippen molar-refractivity contribution in [3.63, 3.8) is 0 Å². The van der Waals surface area contributed by atoms with Crippen molar-refractivity contribution in [3.05, 3.63) is 35.4 Å². The zero-order valence-corrected chi connectivity index (χ0v) is 11.3. The van der Waals surface area contributed by atoms with E-state index in [2.05, 4.69) is 36.5 Å². The highest BCUT2D eigenvalue weighted by molar-refractivity contribution is 6.18. The van der Waals surface area contributed by atoms with Crippen LogP contribution in [0.25, 0.3) is 0 Å². The molecule has 1 N–H and O–H groups in total. The molecule has 0 radical (unpaired) electrons. The number of benzene rings is 1. The highest BCUT2D eigenvalue weighted by atomic mass is 35.5. The maximum atomic E-state index is 5.92. The molecule has 2 heteroatoms. The van der Waals surface area contributed by atoms with Gasteiger partial charge in [-0.15, -0.1) is 11.6 Å². The van der Waals surface area contributed by atoms with Gasteiger partial charge in [0, 0.05) is 18.5 Å². The first-order valence-corrected chi connectivity index (χ1v) is 7.25. The first-order valence-electron chi connectivity index (χ1n) is 6.72. The first-order chi connectivity index (χ1) is 8.35. The summed E-state index contributed by atoms with van der Waals surface area (Å²) < 4.78 is 0. The maximum Gasteiger partial charge on any atom is 0.0377 e. The summed E-state index contributed by atoms with van der Waals surface area (Å²) in [6.07, 6.45) is 4.99. The Labute approximate surface area is 110 Å². The molecule has 0 heterocycles. The number of nitrogens with one attached hydrogen (secondary N) is 1. The molecule has 0 aromatic heterocycles. The summed E-state index contributed by atoms with van der Waals surface area (Å²) in [7, 11) is 0. The van der Waals surface area contributed by atoms with Crippen LogP contribution in [0.3, 0.4) is 0 Å². The molecule has 2 rings (SSSR count). The largest absolute Gasteiger partial charge is 0.312 e. The number of rotatable bonds is 5. The molecule has 1 aliphatic rings. The fourth-order valence-electron chi connectivity index (χ4n) is 2.68. The highest BCUT2D eigenvalue weighted by Crippen LogP contribution is 2.30.